The van der Waals surface area contributed by atoms with Crippen LogP contribution in [0.2, 0.25) is 0 Å². The maximum Gasteiger partial charge on any atom is 0.410 e. The van der Waals surface area contributed by atoms with Crippen LogP contribution < -0.4 is 10.1 Å². The molecule has 0 spiro atoms. The van der Waals surface area contributed by atoms with Gasteiger partial charge in [0.25, 0.3) is 11.6 Å². The van der Waals surface area contributed by atoms with Crippen molar-refractivity contribution >= 4 is 11.8 Å². The van der Waals surface area contributed by atoms with Gasteiger partial charge in [0.15, 0.2) is 0 Å². The first-order valence-corrected chi connectivity index (χ1v) is 11.1. The number of carbonyl (C=O) groups excluding carboxylic acids is 1. The minimum atomic E-state index is -0.680. The number of rotatable bonds is 5. The number of nitrogens with zero attached hydrogens (tertiary/aromatic N) is 4. The fourth-order valence-corrected chi connectivity index (χ4v) is 3.86. The van der Waals surface area contributed by atoms with Gasteiger partial charge in [-0.3, -0.25) is 15.0 Å². The number of piperazine rings is 1. The first-order chi connectivity index (χ1) is 16.7. The molecule has 11 nitrogen and oxygen atoms in total. The van der Waals surface area contributed by atoms with Crippen molar-refractivity contribution in [3.05, 3.63) is 58.1 Å². The van der Waals surface area contributed by atoms with Crippen molar-refractivity contribution in [1.82, 2.24) is 20.4 Å². The van der Waals surface area contributed by atoms with Crippen molar-refractivity contribution in [2.24, 2.45) is 0 Å². The molecule has 1 N–H and O–H groups in total. The number of amides is 1. The van der Waals surface area contributed by atoms with Gasteiger partial charge >= 0.3 is 6.09 Å². The predicted octanol–water partition coefficient (Wildman–Crippen LogP) is 4.20. The average Bonchev–Trinajstić information content (AvgIpc) is 3.33. The molecule has 2 aromatic carbocycles. The molecule has 1 aliphatic rings. The Morgan fingerprint density at radius 1 is 1.23 bits per heavy atom. The summed E-state index contributed by atoms with van der Waals surface area (Å²) in [7, 11) is 1.56. The number of carbonyl (C=O) groups is 1. The number of nitro groups is 1. The molecular formula is C24H27N5O6. The summed E-state index contributed by atoms with van der Waals surface area (Å²) in [4.78, 5) is 30.3. The lowest BCUT2D eigenvalue weighted by Gasteiger charge is -2.37. The molecule has 0 radical (unpaired) electrons. The fraction of sp³-hybridized carbons (Fsp3) is 0.375. The third-order valence-corrected chi connectivity index (χ3v) is 5.46. The molecule has 35 heavy (non-hydrogen) atoms. The summed E-state index contributed by atoms with van der Waals surface area (Å²) in [5.74, 6) is 1.12. The van der Waals surface area contributed by atoms with E-state index in [2.05, 4.69) is 15.5 Å². The van der Waals surface area contributed by atoms with Crippen LogP contribution in [0.25, 0.3) is 22.8 Å². The summed E-state index contributed by atoms with van der Waals surface area (Å²) in [5.41, 5.74) is 0.650. The van der Waals surface area contributed by atoms with Crippen molar-refractivity contribution in [1.29, 1.82) is 0 Å². The zero-order valence-electron chi connectivity index (χ0n) is 20.0. The van der Waals surface area contributed by atoms with Gasteiger partial charge < -0.3 is 19.3 Å². The number of aromatic nitrogens is 2. The van der Waals surface area contributed by atoms with E-state index in [1.807, 2.05) is 6.07 Å². The van der Waals surface area contributed by atoms with Crippen molar-refractivity contribution < 1.29 is 23.7 Å². The summed E-state index contributed by atoms with van der Waals surface area (Å²) < 4.78 is 16.2. The Bertz CT molecular complexity index is 1240. The van der Waals surface area contributed by atoms with E-state index in [1.54, 1.807) is 58.2 Å². The zero-order chi connectivity index (χ0) is 25.2. The Morgan fingerprint density at radius 3 is 2.74 bits per heavy atom. The lowest BCUT2D eigenvalue weighted by molar-refractivity contribution is -0.385. The van der Waals surface area contributed by atoms with Crippen LogP contribution in [0.5, 0.6) is 5.75 Å². The van der Waals surface area contributed by atoms with Gasteiger partial charge in [0.2, 0.25) is 5.82 Å². The number of ether oxygens (including phenoxy) is 2. The van der Waals surface area contributed by atoms with Crippen LogP contribution in [0, 0.1) is 10.1 Å². The molecule has 1 fully saturated rings. The first kappa shape index (κ1) is 24.1. The van der Waals surface area contributed by atoms with Crippen LogP contribution >= 0.6 is 0 Å². The zero-order valence-corrected chi connectivity index (χ0v) is 20.0. The van der Waals surface area contributed by atoms with Crippen molar-refractivity contribution in [3.8, 4) is 28.6 Å². The second-order valence-electron chi connectivity index (χ2n) is 9.08. The van der Waals surface area contributed by atoms with E-state index < -0.39 is 22.7 Å². The van der Waals surface area contributed by atoms with Gasteiger partial charge in [0.05, 0.1) is 23.6 Å². The Labute approximate surface area is 202 Å². The molecule has 3 aromatic rings. The van der Waals surface area contributed by atoms with E-state index in [1.165, 1.54) is 11.0 Å². The highest BCUT2D eigenvalue weighted by Crippen LogP contribution is 2.35. The standard InChI is InChI=1S/C24H27N5O6/c1-24(2,3)34-23(30)28-11-10-25-14-20(28)18-9-8-16(13-19(18)29(31)32)22-26-21(27-35-22)15-6-5-7-17(12-15)33-4/h5-9,12-13,20,25H,10-11,14H2,1-4H3. The highest BCUT2D eigenvalue weighted by atomic mass is 16.6. The monoisotopic (exact) mass is 481 g/mol. The quantitative estimate of drug-likeness (QED) is 0.420. The average molecular weight is 482 g/mol. The largest absolute Gasteiger partial charge is 0.497 e. The number of hydrogen-bond acceptors (Lipinski definition) is 9. The number of methoxy groups -OCH3 is 1. The van der Waals surface area contributed by atoms with E-state index in [9.17, 15) is 14.9 Å². The van der Waals surface area contributed by atoms with E-state index in [0.717, 1.165) is 0 Å². The number of nitrogens with one attached hydrogen (secondary N) is 1. The number of benzene rings is 2. The highest BCUT2D eigenvalue weighted by molar-refractivity contribution is 5.70. The number of hydrogen-bond donors (Lipinski definition) is 1. The molecule has 0 bridgehead atoms. The van der Waals surface area contributed by atoms with Gasteiger partial charge in [0.1, 0.15) is 11.4 Å². The Balaban J connectivity index is 1.66. The van der Waals surface area contributed by atoms with Crippen LogP contribution in [-0.4, -0.2) is 58.4 Å². The van der Waals surface area contributed by atoms with E-state index in [0.29, 0.717) is 47.9 Å². The molecule has 1 aliphatic heterocycles. The number of nitro benzene ring substituents is 1. The summed E-state index contributed by atoms with van der Waals surface area (Å²) in [6.07, 6.45) is -0.512. The molecule has 4 rings (SSSR count). The normalized spacial score (nSPS) is 16.1. The predicted molar refractivity (Wildman–Crippen MR) is 127 cm³/mol. The van der Waals surface area contributed by atoms with E-state index in [4.69, 9.17) is 14.0 Å². The maximum absolute atomic E-state index is 12.8. The first-order valence-electron chi connectivity index (χ1n) is 11.1. The molecule has 1 aromatic heterocycles. The lowest BCUT2D eigenvalue weighted by atomic mass is 9.99. The third-order valence-electron chi connectivity index (χ3n) is 5.46. The molecule has 1 amide bonds. The lowest BCUT2D eigenvalue weighted by Crippen LogP contribution is -2.50. The van der Waals surface area contributed by atoms with Gasteiger partial charge in [-0.25, -0.2) is 4.79 Å². The SMILES string of the molecule is COc1cccc(-c2noc(-c3ccc(C4CNCCN4C(=O)OC(C)(C)C)c([N+](=O)[O-])c3)n2)c1. The molecular weight excluding hydrogens is 454 g/mol. The van der Waals surface area contributed by atoms with Gasteiger partial charge in [-0.05, 0) is 45.0 Å². The second kappa shape index (κ2) is 9.71. The summed E-state index contributed by atoms with van der Waals surface area (Å²) in [6.45, 7) is 6.64. The van der Waals surface area contributed by atoms with E-state index in [-0.39, 0.29) is 11.6 Å². The molecule has 1 atom stereocenters. The van der Waals surface area contributed by atoms with Crippen LogP contribution in [0.1, 0.15) is 32.4 Å². The highest BCUT2D eigenvalue weighted by Gasteiger charge is 2.35. The molecule has 2 heterocycles. The van der Waals surface area contributed by atoms with Crippen LogP contribution in [0.3, 0.4) is 0 Å². The Hall–Kier alpha value is -3.99. The molecule has 0 saturated carbocycles. The van der Waals surface area contributed by atoms with E-state index >= 15 is 0 Å². The Kier molecular flexibility index (Phi) is 6.70. The molecule has 1 saturated heterocycles. The second-order valence-corrected chi connectivity index (χ2v) is 9.08. The minimum Gasteiger partial charge on any atom is -0.497 e. The van der Waals surface area contributed by atoms with Crippen LogP contribution in [0.15, 0.2) is 47.0 Å². The minimum absolute atomic E-state index is 0.142. The summed E-state index contributed by atoms with van der Waals surface area (Å²) in [5, 5.41) is 19.2. The maximum atomic E-state index is 12.8. The Morgan fingerprint density at radius 2 is 2.03 bits per heavy atom. The fourth-order valence-electron chi connectivity index (χ4n) is 3.86. The molecule has 0 aliphatic carbocycles. The van der Waals surface area contributed by atoms with Gasteiger partial charge in [-0.2, -0.15) is 4.98 Å². The molecule has 184 valence electrons. The van der Waals surface area contributed by atoms with Crippen LogP contribution in [0.4, 0.5) is 10.5 Å². The third kappa shape index (κ3) is 5.40. The van der Waals surface area contributed by atoms with Gasteiger partial charge in [-0.1, -0.05) is 17.3 Å². The van der Waals surface area contributed by atoms with Crippen molar-refractivity contribution in [2.45, 2.75) is 32.4 Å². The van der Waals surface area contributed by atoms with Crippen molar-refractivity contribution in [3.63, 3.8) is 0 Å². The van der Waals surface area contributed by atoms with Crippen molar-refractivity contribution in [2.75, 3.05) is 26.7 Å². The van der Waals surface area contributed by atoms with Crippen LogP contribution in [-0.2, 0) is 4.74 Å². The molecule has 11 heteroatoms. The summed E-state index contributed by atoms with van der Waals surface area (Å²) >= 11 is 0. The smallest absolute Gasteiger partial charge is 0.410 e. The van der Waals surface area contributed by atoms with Gasteiger partial charge in [0, 0.05) is 36.8 Å². The van der Waals surface area contributed by atoms with Gasteiger partial charge in [-0.15, -0.1) is 0 Å². The molecule has 1 unspecified atom stereocenters. The topological polar surface area (TPSA) is 133 Å². The summed E-state index contributed by atoms with van der Waals surface area (Å²) in [6, 6.07) is 11.3.